The SMILES string of the molecule is C[C@H](NC(=O)C(=O)c1cc(F)cc(F)c1)C(=O)N[C@H]1N=C(c2ccccc2)c2ccccc2N(C)C1=O. The van der Waals surface area contributed by atoms with E-state index >= 15 is 0 Å². The molecule has 2 atom stereocenters. The summed E-state index contributed by atoms with van der Waals surface area (Å²) in [5.41, 5.74) is 2.00. The molecule has 2 N–H and O–H groups in total. The quantitative estimate of drug-likeness (QED) is 0.398. The Morgan fingerprint density at radius 3 is 2.24 bits per heavy atom. The van der Waals surface area contributed by atoms with Crippen LogP contribution in [0.3, 0.4) is 0 Å². The third kappa shape index (κ3) is 5.43. The molecule has 0 unspecified atom stereocenters. The van der Waals surface area contributed by atoms with Crippen LogP contribution in [0.2, 0.25) is 0 Å². The number of nitrogens with zero attached hydrogens (tertiary/aromatic N) is 2. The molecule has 188 valence electrons. The number of halogens is 2. The maximum absolute atomic E-state index is 13.4. The van der Waals surface area contributed by atoms with Crippen molar-refractivity contribution in [2.45, 2.75) is 19.1 Å². The summed E-state index contributed by atoms with van der Waals surface area (Å²) in [6.45, 7) is 1.30. The number of hydrogen-bond acceptors (Lipinski definition) is 5. The largest absolute Gasteiger partial charge is 0.338 e. The van der Waals surface area contributed by atoms with Crippen molar-refractivity contribution in [3.8, 4) is 0 Å². The number of Topliss-reactive ketones (excluding diaryl/α,β-unsaturated/α-hetero) is 1. The zero-order chi connectivity index (χ0) is 26.7. The Bertz CT molecular complexity index is 1400. The molecule has 0 aromatic heterocycles. The highest BCUT2D eigenvalue weighted by Gasteiger charge is 2.32. The Morgan fingerprint density at radius 2 is 1.57 bits per heavy atom. The molecule has 1 heterocycles. The van der Waals surface area contributed by atoms with Gasteiger partial charge in [-0.3, -0.25) is 19.2 Å². The first-order valence-electron chi connectivity index (χ1n) is 11.3. The molecule has 0 fully saturated rings. The van der Waals surface area contributed by atoms with Gasteiger partial charge in [0.15, 0.2) is 0 Å². The van der Waals surface area contributed by atoms with Gasteiger partial charge in [-0.25, -0.2) is 13.8 Å². The van der Waals surface area contributed by atoms with Gasteiger partial charge in [-0.2, -0.15) is 0 Å². The first-order valence-corrected chi connectivity index (χ1v) is 11.3. The molecule has 0 saturated heterocycles. The number of amides is 3. The number of fused-ring (bicyclic) bond motifs is 1. The summed E-state index contributed by atoms with van der Waals surface area (Å²) in [5.74, 6) is -5.81. The second kappa shape index (κ2) is 10.5. The van der Waals surface area contributed by atoms with Crippen LogP contribution in [0.15, 0.2) is 77.8 Å². The number of rotatable bonds is 6. The van der Waals surface area contributed by atoms with Crippen LogP contribution in [0.4, 0.5) is 14.5 Å². The maximum atomic E-state index is 13.4. The van der Waals surface area contributed by atoms with Gasteiger partial charge in [0.25, 0.3) is 11.8 Å². The van der Waals surface area contributed by atoms with Gasteiger partial charge in [0.05, 0.1) is 11.4 Å². The Hall–Kier alpha value is -4.73. The first kappa shape index (κ1) is 25.4. The van der Waals surface area contributed by atoms with Gasteiger partial charge < -0.3 is 15.5 Å². The van der Waals surface area contributed by atoms with E-state index in [4.69, 9.17) is 0 Å². The van der Waals surface area contributed by atoms with E-state index in [0.717, 1.165) is 5.56 Å². The number of para-hydroxylation sites is 1. The summed E-state index contributed by atoms with van der Waals surface area (Å²) >= 11 is 0. The number of hydrogen-bond donors (Lipinski definition) is 2. The fourth-order valence-corrected chi connectivity index (χ4v) is 3.85. The Labute approximate surface area is 211 Å². The summed E-state index contributed by atoms with van der Waals surface area (Å²) in [6, 6.07) is 17.0. The summed E-state index contributed by atoms with van der Waals surface area (Å²) in [4.78, 5) is 56.7. The van der Waals surface area contributed by atoms with Crippen LogP contribution in [0, 0.1) is 11.6 Å². The zero-order valence-electron chi connectivity index (χ0n) is 19.9. The topological polar surface area (TPSA) is 108 Å². The molecule has 1 aliphatic rings. The van der Waals surface area contributed by atoms with Crippen LogP contribution in [-0.4, -0.2) is 48.5 Å². The lowest BCUT2D eigenvalue weighted by atomic mass is 10.0. The van der Waals surface area contributed by atoms with Gasteiger partial charge in [-0.15, -0.1) is 0 Å². The maximum Gasteiger partial charge on any atom is 0.293 e. The van der Waals surface area contributed by atoms with Gasteiger partial charge >= 0.3 is 0 Å². The predicted molar refractivity (Wildman–Crippen MR) is 132 cm³/mol. The fraction of sp³-hybridized carbons (Fsp3) is 0.148. The molecule has 4 rings (SSSR count). The van der Waals surface area contributed by atoms with Crippen molar-refractivity contribution in [3.63, 3.8) is 0 Å². The van der Waals surface area contributed by atoms with E-state index in [1.54, 1.807) is 19.2 Å². The minimum absolute atomic E-state index is 0.485. The zero-order valence-corrected chi connectivity index (χ0v) is 19.9. The minimum Gasteiger partial charge on any atom is -0.338 e. The summed E-state index contributed by atoms with van der Waals surface area (Å²) in [6.07, 6.45) is -1.33. The summed E-state index contributed by atoms with van der Waals surface area (Å²) < 4.78 is 26.8. The van der Waals surface area contributed by atoms with Crippen molar-refractivity contribution < 1.29 is 28.0 Å². The van der Waals surface area contributed by atoms with Crippen molar-refractivity contribution in [2.24, 2.45) is 4.99 Å². The highest BCUT2D eigenvalue weighted by molar-refractivity contribution is 6.43. The Balaban J connectivity index is 1.56. The molecule has 1 aliphatic heterocycles. The molecule has 0 spiro atoms. The van der Waals surface area contributed by atoms with E-state index in [1.807, 2.05) is 42.5 Å². The molecule has 0 aliphatic carbocycles. The number of likely N-dealkylation sites (N-methyl/N-ethyl adjacent to an activating group) is 1. The van der Waals surface area contributed by atoms with E-state index in [9.17, 15) is 28.0 Å². The van der Waals surface area contributed by atoms with Crippen molar-refractivity contribution in [2.75, 3.05) is 11.9 Å². The number of nitrogens with one attached hydrogen (secondary N) is 2. The lowest BCUT2D eigenvalue weighted by Crippen LogP contribution is -2.53. The Kier molecular flexibility index (Phi) is 7.19. The molecule has 3 aromatic rings. The molecule has 37 heavy (non-hydrogen) atoms. The van der Waals surface area contributed by atoms with Crippen LogP contribution >= 0.6 is 0 Å². The van der Waals surface area contributed by atoms with Gasteiger partial charge in [-0.1, -0.05) is 48.5 Å². The summed E-state index contributed by atoms with van der Waals surface area (Å²) in [5, 5.41) is 4.70. The molecule has 0 bridgehead atoms. The number of benzodiazepines with no additional fused rings is 1. The Morgan fingerprint density at radius 1 is 0.946 bits per heavy atom. The average molecular weight is 504 g/mol. The van der Waals surface area contributed by atoms with Crippen molar-refractivity contribution in [3.05, 3.63) is 101 Å². The van der Waals surface area contributed by atoms with Crippen LogP contribution in [0.25, 0.3) is 0 Å². The smallest absolute Gasteiger partial charge is 0.293 e. The van der Waals surface area contributed by atoms with Crippen LogP contribution in [0.1, 0.15) is 28.4 Å². The highest BCUT2D eigenvalue weighted by atomic mass is 19.1. The van der Waals surface area contributed by atoms with Gasteiger partial charge in [0.1, 0.15) is 17.7 Å². The second-order valence-electron chi connectivity index (χ2n) is 8.35. The average Bonchev–Trinajstić information content (AvgIpc) is 2.98. The molecule has 3 amide bonds. The molecule has 3 aromatic carbocycles. The van der Waals surface area contributed by atoms with E-state index in [2.05, 4.69) is 15.6 Å². The van der Waals surface area contributed by atoms with Gasteiger partial charge in [0, 0.05) is 29.8 Å². The molecular formula is C27H22F2N4O4. The molecule has 0 saturated carbocycles. The molecule has 10 heteroatoms. The lowest BCUT2D eigenvalue weighted by molar-refractivity contribution is -0.129. The number of carbonyl (C=O) groups excluding carboxylic acids is 4. The van der Waals surface area contributed by atoms with Crippen LogP contribution < -0.4 is 15.5 Å². The van der Waals surface area contributed by atoms with E-state index < -0.39 is 52.9 Å². The number of ketones is 1. The van der Waals surface area contributed by atoms with Crippen molar-refractivity contribution in [1.29, 1.82) is 0 Å². The number of carbonyl (C=O) groups is 4. The van der Waals surface area contributed by atoms with E-state index in [1.165, 1.54) is 11.8 Å². The second-order valence-corrected chi connectivity index (χ2v) is 8.35. The van der Waals surface area contributed by atoms with E-state index in [0.29, 0.717) is 35.2 Å². The van der Waals surface area contributed by atoms with Crippen LogP contribution in [-0.2, 0) is 14.4 Å². The number of aliphatic imine (C=N–C) groups is 1. The molecule has 8 nitrogen and oxygen atoms in total. The minimum atomic E-state index is -1.33. The normalized spacial score (nSPS) is 15.7. The number of anilines is 1. The summed E-state index contributed by atoms with van der Waals surface area (Å²) in [7, 11) is 1.56. The number of benzene rings is 3. The standard InChI is InChI=1S/C27H22F2N4O4/c1-15(30-26(36)23(34)17-12-18(28)14-19(29)13-17)25(35)32-24-27(37)33(2)21-11-7-6-10-20(21)22(31-24)16-8-4-3-5-9-16/h3-15,24H,1-2H3,(H,30,36)(H,32,35)/t15-,24+/m0/s1. The van der Waals surface area contributed by atoms with Crippen LogP contribution in [0.5, 0.6) is 0 Å². The van der Waals surface area contributed by atoms with Gasteiger partial charge in [-0.05, 0) is 25.1 Å². The monoisotopic (exact) mass is 504 g/mol. The lowest BCUT2D eigenvalue weighted by Gasteiger charge is -2.22. The fourth-order valence-electron chi connectivity index (χ4n) is 3.85. The predicted octanol–water partition coefficient (Wildman–Crippen LogP) is 2.61. The third-order valence-electron chi connectivity index (χ3n) is 5.74. The van der Waals surface area contributed by atoms with Crippen molar-refractivity contribution >= 4 is 34.9 Å². The highest BCUT2D eigenvalue weighted by Crippen LogP contribution is 2.27. The van der Waals surface area contributed by atoms with Crippen molar-refractivity contribution in [1.82, 2.24) is 10.6 Å². The molecule has 0 radical (unpaired) electrons. The van der Waals surface area contributed by atoms with Gasteiger partial charge in [0.2, 0.25) is 17.9 Å². The third-order valence-corrected chi connectivity index (χ3v) is 5.74. The van der Waals surface area contributed by atoms with E-state index in [-0.39, 0.29) is 0 Å². The first-order chi connectivity index (χ1) is 17.7. The molecular weight excluding hydrogens is 482 g/mol.